The molecule has 1 aliphatic rings. The molecule has 1 aromatic rings. The van der Waals surface area contributed by atoms with E-state index in [0.717, 1.165) is 24.4 Å². The number of nitrogens with zero attached hydrogens (tertiary/aromatic N) is 1. The van der Waals surface area contributed by atoms with Gasteiger partial charge in [0.15, 0.2) is 0 Å². The van der Waals surface area contributed by atoms with Gasteiger partial charge in [0.1, 0.15) is 18.2 Å². The Morgan fingerprint density at radius 3 is 3.07 bits per heavy atom. The van der Waals surface area contributed by atoms with Crippen LogP contribution >= 0.6 is 0 Å². The van der Waals surface area contributed by atoms with E-state index in [1.165, 1.54) is 0 Å². The topological polar surface area (TPSA) is 62.3 Å². The quantitative estimate of drug-likeness (QED) is 0.555. The van der Waals surface area contributed by atoms with Crippen molar-refractivity contribution in [2.75, 3.05) is 19.7 Å². The third-order valence-corrected chi connectivity index (χ3v) is 2.43. The molecular formula is C11H15N3O. The van der Waals surface area contributed by atoms with Crippen molar-refractivity contribution in [2.24, 2.45) is 5.73 Å². The van der Waals surface area contributed by atoms with Gasteiger partial charge in [-0.2, -0.15) is 0 Å². The first-order valence-electron chi connectivity index (χ1n) is 5.01. The van der Waals surface area contributed by atoms with E-state index in [9.17, 15) is 0 Å². The molecule has 0 amide bonds. The number of para-hydroxylation sites is 1. The minimum Gasteiger partial charge on any atom is -0.492 e. The zero-order chi connectivity index (χ0) is 10.7. The van der Waals surface area contributed by atoms with E-state index >= 15 is 0 Å². The van der Waals surface area contributed by atoms with Crippen LogP contribution in [0.4, 0.5) is 0 Å². The minimum atomic E-state index is 0.203. The molecule has 0 atom stereocenters. The van der Waals surface area contributed by atoms with Crippen LogP contribution in [0.5, 0.6) is 5.75 Å². The molecule has 0 radical (unpaired) electrons. The van der Waals surface area contributed by atoms with E-state index in [-0.39, 0.29) is 5.84 Å². The lowest BCUT2D eigenvalue weighted by molar-refractivity contribution is 0.246. The summed E-state index contributed by atoms with van der Waals surface area (Å²) in [5.41, 5.74) is 6.56. The van der Waals surface area contributed by atoms with E-state index in [2.05, 4.69) is 4.90 Å². The second kappa shape index (κ2) is 4.31. The number of benzene rings is 1. The van der Waals surface area contributed by atoms with Gasteiger partial charge in [0.2, 0.25) is 0 Å². The zero-order valence-electron chi connectivity index (χ0n) is 8.57. The third-order valence-electron chi connectivity index (χ3n) is 2.43. The lowest BCUT2D eigenvalue weighted by atomic mass is 10.2. The number of amidine groups is 1. The van der Waals surface area contributed by atoms with Crippen molar-refractivity contribution in [3.8, 4) is 5.75 Å². The third kappa shape index (κ3) is 2.47. The number of rotatable bonds is 2. The van der Waals surface area contributed by atoms with Gasteiger partial charge in [0.25, 0.3) is 0 Å². The maximum Gasteiger partial charge on any atom is 0.123 e. The Hall–Kier alpha value is -1.55. The van der Waals surface area contributed by atoms with Gasteiger partial charge in [0.05, 0.1) is 6.54 Å². The molecule has 4 nitrogen and oxygen atoms in total. The molecule has 0 unspecified atom stereocenters. The maximum atomic E-state index is 7.28. The summed E-state index contributed by atoms with van der Waals surface area (Å²) in [5, 5.41) is 7.28. The molecule has 15 heavy (non-hydrogen) atoms. The standard InChI is InChI=1S/C11H15N3O/c12-11(13)8-14-5-6-15-10-4-2-1-3-9(10)7-14/h1-4H,5-8H2,(H3,12,13). The fourth-order valence-electron chi connectivity index (χ4n) is 1.76. The first kappa shape index (κ1) is 9.98. The van der Waals surface area contributed by atoms with Gasteiger partial charge in [-0.05, 0) is 6.07 Å². The molecule has 1 heterocycles. The smallest absolute Gasteiger partial charge is 0.123 e. The molecule has 0 fully saturated rings. The molecule has 4 heteroatoms. The van der Waals surface area contributed by atoms with Crippen LogP contribution in [0.25, 0.3) is 0 Å². The number of hydrogen-bond donors (Lipinski definition) is 2. The van der Waals surface area contributed by atoms with Crippen molar-refractivity contribution >= 4 is 5.84 Å². The van der Waals surface area contributed by atoms with Gasteiger partial charge >= 0.3 is 0 Å². The second-order valence-electron chi connectivity index (χ2n) is 3.69. The van der Waals surface area contributed by atoms with Crippen LogP contribution in [0.2, 0.25) is 0 Å². The van der Waals surface area contributed by atoms with E-state index < -0.39 is 0 Å². The number of nitrogens with two attached hydrogens (primary N) is 1. The number of nitrogens with one attached hydrogen (secondary N) is 1. The minimum absolute atomic E-state index is 0.203. The Kier molecular flexibility index (Phi) is 2.87. The molecule has 0 saturated carbocycles. The summed E-state index contributed by atoms with van der Waals surface area (Å²) in [6, 6.07) is 8.00. The highest BCUT2D eigenvalue weighted by atomic mass is 16.5. The van der Waals surface area contributed by atoms with Crippen LogP contribution < -0.4 is 10.5 Å². The van der Waals surface area contributed by atoms with Gasteiger partial charge in [0, 0.05) is 18.7 Å². The fourth-order valence-corrected chi connectivity index (χ4v) is 1.76. The van der Waals surface area contributed by atoms with Crippen molar-refractivity contribution in [1.29, 1.82) is 5.41 Å². The molecule has 80 valence electrons. The second-order valence-corrected chi connectivity index (χ2v) is 3.69. The average molecular weight is 205 g/mol. The van der Waals surface area contributed by atoms with Crippen LogP contribution in [0.3, 0.4) is 0 Å². The normalized spacial score (nSPS) is 16.3. The molecule has 2 rings (SSSR count). The molecular weight excluding hydrogens is 190 g/mol. The largest absolute Gasteiger partial charge is 0.492 e. The first-order valence-corrected chi connectivity index (χ1v) is 5.01. The van der Waals surface area contributed by atoms with Crippen molar-refractivity contribution in [3.63, 3.8) is 0 Å². The SMILES string of the molecule is N=C(N)CN1CCOc2ccccc2C1. The van der Waals surface area contributed by atoms with Gasteiger partial charge in [-0.3, -0.25) is 10.3 Å². The molecule has 0 aromatic heterocycles. The highest BCUT2D eigenvalue weighted by molar-refractivity contribution is 5.78. The lowest BCUT2D eigenvalue weighted by Crippen LogP contribution is -2.34. The number of fused-ring (bicyclic) bond motifs is 1. The summed E-state index contributed by atoms with van der Waals surface area (Å²) in [6.07, 6.45) is 0. The lowest BCUT2D eigenvalue weighted by Gasteiger charge is -2.17. The Morgan fingerprint density at radius 2 is 2.27 bits per heavy atom. The van der Waals surface area contributed by atoms with Crippen LogP contribution in [0.1, 0.15) is 5.56 Å². The van der Waals surface area contributed by atoms with E-state index in [0.29, 0.717) is 13.2 Å². The highest BCUT2D eigenvalue weighted by Crippen LogP contribution is 2.21. The zero-order valence-corrected chi connectivity index (χ0v) is 8.57. The van der Waals surface area contributed by atoms with E-state index in [1.54, 1.807) is 0 Å². The molecule has 1 aliphatic heterocycles. The molecule has 0 bridgehead atoms. The first-order chi connectivity index (χ1) is 7.25. The Balaban J connectivity index is 2.13. The predicted octanol–water partition coefficient (Wildman–Crippen LogP) is 0.817. The molecule has 3 N–H and O–H groups in total. The number of hydrogen-bond acceptors (Lipinski definition) is 3. The summed E-state index contributed by atoms with van der Waals surface area (Å²) >= 11 is 0. The highest BCUT2D eigenvalue weighted by Gasteiger charge is 2.14. The Labute approximate surface area is 89.1 Å². The van der Waals surface area contributed by atoms with Crippen LogP contribution in [-0.2, 0) is 6.54 Å². The summed E-state index contributed by atoms with van der Waals surface area (Å²) in [7, 11) is 0. The molecule has 0 aliphatic carbocycles. The van der Waals surface area contributed by atoms with Gasteiger partial charge < -0.3 is 10.5 Å². The summed E-state index contributed by atoms with van der Waals surface area (Å²) < 4.78 is 5.61. The van der Waals surface area contributed by atoms with Crippen molar-refractivity contribution < 1.29 is 4.74 Å². The van der Waals surface area contributed by atoms with Crippen molar-refractivity contribution in [2.45, 2.75) is 6.54 Å². The van der Waals surface area contributed by atoms with Gasteiger partial charge in [-0.1, -0.05) is 18.2 Å². The maximum absolute atomic E-state index is 7.28. The van der Waals surface area contributed by atoms with Crippen LogP contribution in [0.15, 0.2) is 24.3 Å². The predicted molar refractivity (Wildman–Crippen MR) is 59.1 cm³/mol. The average Bonchev–Trinajstić information content (AvgIpc) is 2.38. The van der Waals surface area contributed by atoms with Gasteiger partial charge in [-0.15, -0.1) is 0 Å². The molecule has 0 spiro atoms. The van der Waals surface area contributed by atoms with Crippen LogP contribution in [0, 0.1) is 5.41 Å². The van der Waals surface area contributed by atoms with E-state index in [1.807, 2.05) is 24.3 Å². The van der Waals surface area contributed by atoms with E-state index in [4.69, 9.17) is 15.9 Å². The molecule has 0 saturated heterocycles. The summed E-state index contributed by atoms with van der Waals surface area (Å²) in [6.45, 7) is 2.78. The summed E-state index contributed by atoms with van der Waals surface area (Å²) in [4.78, 5) is 2.12. The van der Waals surface area contributed by atoms with Crippen molar-refractivity contribution in [3.05, 3.63) is 29.8 Å². The van der Waals surface area contributed by atoms with Gasteiger partial charge in [-0.25, -0.2) is 0 Å². The van der Waals surface area contributed by atoms with Crippen LogP contribution in [-0.4, -0.2) is 30.4 Å². The van der Waals surface area contributed by atoms with Crippen molar-refractivity contribution in [1.82, 2.24) is 4.90 Å². The summed E-state index contributed by atoms with van der Waals surface area (Å²) in [5.74, 6) is 1.15. The monoisotopic (exact) mass is 205 g/mol. The Bertz CT molecular complexity index is 365. The fraction of sp³-hybridized carbons (Fsp3) is 0.364. The molecule has 1 aromatic carbocycles. The Morgan fingerprint density at radius 1 is 1.47 bits per heavy atom. The number of ether oxygens (including phenoxy) is 1.